The lowest BCUT2D eigenvalue weighted by molar-refractivity contribution is -0.142. The second-order valence-electron chi connectivity index (χ2n) is 8.02. The number of benzene rings is 1. The second kappa shape index (κ2) is 9.32. The van der Waals surface area contributed by atoms with E-state index in [0.717, 1.165) is 29.3 Å². The largest absolute Gasteiger partial charge is 0.462 e. The molecule has 3 aromatic heterocycles. The van der Waals surface area contributed by atoms with Gasteiger partial charge in [-0.15, -0.1) is 11.3 Å². The molecular weight excluding hydrogens is 561 g/mol. The smallest absolute Gasteiger partial charge is 0.433 e. The quantitative estimate of drug-likeness (QED) is 0.287. The first-order chi connectivity index (χ1) is 17.2. The first kappa shape index (κ1) is 24.4. The van der Waals surface area contributed by atoms with Crippen molar-refractivity contribution in [3.8, 4) is 11.3 Å². The molecule has 1 aliphatic rings. The van der Waals surface area contributed by atoms with Gasteiger partial charge in [-0.05, 0) is 53.7 Å². The average molecular weight is 579 g/mol. The van der Waals surface area contributed by atoms with Crippen molar-refractivity contribution in [2.45, 2.75) is 32.4 Å². The zero-order chi connectivity index (χ0) is 25.6. The Labute approximate surface area is 215 Å². The summed E-state index contributed by atoms with van der Waals surface area (Å²) in [5.41, 5.74) is 0.182. The Balaban J connectivity index is 1.58. The number of nitrogens with one attached hydrogen (secondary N) is 1. The van der Waals surface area contributed by atoms with Crippen molar-refractivity contribution >= 4 is 49.8 Å². The van der Waals surface area contributed by atoms with Crippen molar-refractivity contribution in [2.24, 2.45) is 0 Å². The first-order valence-electron chi connectivity index (χ1n) is 11.0. The summed E-state index contributed by atoms with van der Waals surface area (Å²) in [7, 11) is 0. The molecule has 4 aromatic rings. The van der Waals surface area contributed by atoms with Crippen LogP contribution in [0.15, 0.2) is 40.9 Å². The van der Waals surface area contributed by atoms with Crippen molar-refractivity contribution in [3.05, 3.63) is 68.3 Å². The Morgan fingerprint density at radius 1 is 1.22 bits per heavy atom. The number of carbonyl (C=O) groups excluding carboxylic acids is 2. The van der Waals surface area contributed by atoms with Gasteiger partial charge in [-0.1, -0.05) is 30.3 Å². The minimum Gasteiger partial charge on any atom is -0.462 e. The summed E-state index contributed by atoms with van der Waals surface area (Å²) in [4.78, 5) is 31.1. The molecule has 1 N–H and O–H groups in total. The molecule has 0 fully saturated rings. The molecule has 5 rings (SSSR count). The zero-order valence-corrected chi connectivity index (χ0v) is 21.2. The van der Waals surface area contributed by atoms with E-state index in [-0.39, 0.29) is 28.1 Å². The number of thiophene rings is 1. The fourth-order valence-electron chi connectivity index (χ4n) is 4.17. The Hall–Kier alpha value is -3.25. The van der Waals surface area contributed by atoms with Gasteiger partial charge in [-0.25, -0.2) is 14.3 Å². The lowest BCUT2D eigenvalue weighted by Gasteiger charge is -2.11. The molecule has 12 heteroatoms. The number of rotatable bonds is 5. The molecule has 1 aliphatic carbocycles. The van der Waals surface area contributed by atoms with E-state index in [1.54, 1.807) is 37.3 Å². The Morgan fingerprint density at radius 3 is 2.67 bits per heavy atom. The van der Waals surface area contributed by atoms with Crippen molar-refractivity contribution in [1.82, 2.24) is 14.6 Å². The highest BCUT2D eigenvalue weighted by Crippen LogP contribution is 2.40. The van der Waals surface area contributed by atoms with Crippen LogP contribution in [0.25, 0.3) is 16.9 Å². The number of nitrogens with zero attached hydrogens (tertiary/aromatic N) is 3. The van der Waals surface area contributed by atoms with Gasteiger partial charge in [0.15, 0.2) is 17.0 Å². The van der Waals surface area contributed by atoms with E-state index in [9.17, 15) is 22.8 Å². The average Bonchev–Trinajstić information content (AvgIpc) is 3.51. The maximum atomic E-state index is 14.0. The number of aryl methyl sites for hydroxylation is 1. The van der Waals surface area contributed by atoms with Gasteiger partial charge >= 0.3 is 12.1 Å². The van der Waals surface area contributed by atoms with Crippen molar-refractivity contribution in [2.75, 3.05) is 11.9 Å². The number of amides is 1. The summed E-state index contributed by atoms with van der Waals surface area (Å²) in [6.45, 7) is 1.86. The van der Waals surface area contributed by atoms with Gasteiger partial charge in [0, 0.05) is 10.4 Å². The minimum absolute atomic E-state index is 0.00469. The fraction of sp³-hybridized carbons (Fsp3) is 0.250. The summed E-state index contributed by atoms with van der Waals surface area (Å²) in [6.07, 6.45) is -2.39. The third-order valence-electron chi connectivity index (χ3n) is 5.74. The normalized spacial score (nSPS) is 13.1. The predicted octanol–water partition coefficient (Wildman–Crippen LogP) is 6.16. The van der Waals surface area contributed by atoms with Gasteiger partial charge in [0.2, 0.25) is 0 Å². The van der Waals surface area contributed by atoms with Crippen LogP contribution in [0.2, 0.25) is 0 Å². The van der Waals surface area contributed by atoms with Crippen molar-refractivity contribution in [1.29, 1.82) is 0 Å². The van der Waals surface area contributed by atoms with Crippen LogP contribution in [-0.4, -0.2) is 33.1 Å². The van der Waals surface area contributed by atoms with Crippen LogP contribution in [0.3, 0.4) is 0 Å². The lowest BCUT2D eigenvalue weighted by Crippen LogP contribution is -2.17. The third-order valence-corrected chi connectivity index (χ3v) is 7.67. The molecular formula is C24H18BrF3N4O3S. The van der Waals surface area contributed by atoms with Crippen LogP contribution < -0.4 is 5.32 Å². The molecule has 1 amide bonds. The highest BCUT2D eigenvalue weighted by atomic mass is 79.9. The number of ether oxygens (including phenoxy) is 1. The number of fused-ring (bicyclic) bond motifs is 2. The molecule has 0 aliphatic heterocycles. The minimum atomic E-state index is -4.75. The highest BCUT2D eigenvalue weighted by molar-refractivity contribution is 9.10. The van der Waals surface area contributed by atoms with Crippen LogP contribution in [0.4, 0.5) is 18.2 Å². The fourth-order valence-corrected chi connectivity index (χ4v) is 5.96. The Kier molecular flexibility index (Phi) is 6.33. The highest BCUT2D eigenvalue weighted by Gasteiger charge is 2.37. The molecule has 0 spiro atoms. The standard InChI is InChI=1S/C24H18BrF3N4O3S/c1-2-35-23(34)17-13-9-6-10-15(13)36-22(17)30-21(33)19-18(25)20-29-14(12-7-4-3-5-8-12)11-16(24(26,27)28)32(20)31-19/h3-5,7-8,11H,2,6,9-10H2,1H3,(H,30,33). The Morgan fingerprint density at radius 2 is 1.97 bits per heavy atom. The number of hydrogen-bond acceptors (Lipinski definition) is 6. The molecule has 0 atom stereocenters. The van der Waals surface area contributed by atoms with Crippen molar-refractivity contribution in [3.63, 3.8) is 0 Å². The van der Waals surface area contributed by atoms with Gasteiger partial charge in [-0.2, -0.15) is 18.3 Å². The van der Waals surface area contributed by atoms with E-state index in [4.69, 9.17) is 4.74 Å². The monoisotopic (exact) mass is 578 g/mol. The molecule has 0 saturated heterocycles. The molecule has 0 unspecified atom stereocenters. The molecule has 3 heterocycles. The van der Waals surface area contributed by atoms with Gasteiger partial charge in [0.25, 0.3) is 5.91 Å². The van der Waals surface area contributed by atoms with E-state index in [1.807, 2.05) is 0 Å². The first-order valence-corrected chi connectivity index (χ1v) is 12.6. The van der Waals surface area contributed by atoms with Crippen molar-refractivity contribution < 1.29 is 27.5 Å². The molecule has 0 bridgehead atoms. The SMILES string of the molecule is CCOC(=O)c1c(NC(=O)c2nn3c(C(F)(F)F)cc(-c4ccccc4)nc3c2Br)sc2c1CCC2. The zero-order valence-electron chi connectivity index (χ0n) is 18.8. The van der Waals surface area contributed by atoms with Gasteiger partial charge < -0.3 is 10.1 Å². The van der Waals surface area contributed by atoms with E-state index >= 15 is 0 Å². The lowest BCUT2D eigenvalue weighted by atomic mass is 10.1. The molecule has 186 valence electrons. The third kappa shape index (κ3) is 4.28. The van der Waals surface area contributed by atoms with Crippen LogP contribution in [0.5, 0.6) is 0 Å². The van der Waals surface area contributed by atoms with E-state index in [2.05, 4.69) is 31.3 Å². The molecule has 0 radical (unpaired) electrons. The summed E-state index contributed by atoms with van der Waals surface area (Å²) < 4.78 is 47.6. The number of aromatic nitrogens is 3. The van der Waals surface area contributed by atoms with Crippen LogP contribution in [-0.2, 0) is 23.8 Å². The maximum Gasteiger partial charge on any atom is 0.433 e. The number of carbonyl (C=O) groups is 2. The topological polar surface area (TPSA) is 85.6 Å². The summed E-state index contributed by atoms with van der Waals surface area (Å²) in [6, 6.07) is 9.31. The van der Waals surface area contributed by atoms with Crippen LogP contribution in [0, 0.1) is 0 Å². The van der Waals surface area contributed by atoms with E-state index < -0.39 is 23.7 Å². The number of halogens is 4. The molecule has 7 nitrogen and oxygen atoms in total. The summed E-state index contributed by atoms with van der Waals surface area (Å²) in [5, 5.41) is 6.91. The van der Waals surface area contributed by atoms with Gasteiger partial charge in [0.1, 0.15) is 5.00 Å². The number of esters is 1. The Bertz CT molecular complexity index is 1500. The van der Waals surface area contributed by atoms with E-state index in [1.165, 1.54) is 11.3 Å². The molecule has 0 saturated carbocycles. The number of anilines is 1. The second-order valence-corrected chi connectivity index (χ2v) is 9.92. The summed E-state index contributed by atoms with van der Waals surface area (Å²) >= 11 is 4.50. The number of alkyl halides is 3. The predicted molar refractivity (Wildman–Crippen MR) is 131 cm³/mol. The van der Waals surface area contributed by atoms with E-state index in [0.29, 0.717) is 27.1 Å². The number of hydrogen-bond donors (Lipinski definition) is 1. The maximum absolute atomic E-state index is 14.0. The van der Waals surface area contributed by atoms with Gasteiger partial charge in [0.05, 0.1) is 22.3 Å². The molecule has 1 aromatic carbocycles. The van der Waals surface area contributed by atoms with Crippen LogP contribution >= 0.6 is 27.3 Å². The van der Waals surface area contributed by atoms with Crippen LogP contribution in [0.1, 0.15) is 50.3 Å². The summed E-state index contributed by atoms with van der Waals surface area (Å²) in [5.74, 6) is -1.32. The van der Waals surface area contributed by atoms with Gasteiger partial charge in [-0.3, -0.25) is 4.79 Å². The molecule has 36 heavy (non-hydrogen) atoms.